The van der Waals surface area contributed by atoms with Crippen LogP contribution in [0.1, 0.15) is 63.3 Å². The Morgan fingerprint density at radius 3 is 2.58 bits per heavy atom. The van der Waals surface area contributed by atoms with Crippen molar-refractivity contribution >= 4 is 84.2 Å². The molecule has 1 atom stereocenters. The highest BCUT2D eigenvalue weighted by Crippen LogP contribution is 2.32. The predicted octanol–water partition coefficient (Wildman–Crippen LogP) is 6.63. The summed E-state index contributed by atoms with van der Waals surface area (Å²) in [5.74, 6) is 1.14. The highest BCUT2D eigenvalue weighted by molar-refractivity contribution is 14.1. The van der Waals surface area contributed by atoms with Crippen LogP contribution in [0.5, 0.6) is 5.75 Å². The van der Waals surface area contributed by atoms with Crippen LogP contribution in [0.3, 0.4) is 0 Å². The van der Waals surface area contributed by atoms with E-state index in [4.69, 9.17) is 14.5 Å². The highest BCUT2D eigenvalue weighted by atomic mass is 127. The Labute approximate surface area is 245 Å². The van der Waals surface area contributed by atoms with E-state index >= 15 is 0 Å². The molecule has 1 fully saturated rings. The van der Waals surface area contributed by atoms with Crippen molar-refractivity contribution in [3.63, 3.8) is 0 Å². The molecule has 0 bridgehead atoms. The predicted molar refractivity (Wildman–Crippen MR) is 161 cm³/mol. The van der Waals surface area contributed by atoms with Crippen molar-refractivity contribution in [2.45, 2.75) is 58.0 Å². The van der Waals surface area contributed by atoms with E-state index in [0.717, 1.165) is 48.7 Å². The van der Waals surface area contributed by atoms with Crippen LogP contribution in [-0.4, -0.2) is 34.6 Å². The average molecular weight is 778 g/mol. The lowest BCUT2D eigenvalue weighted by Crippen LogP contribution is -2.26. The van der Waals surface area contributed by atoms with Crippen LogP contribution in [0.15, 0.2) is 44.7 Å². The maximum absolute atomic E-state index is 13.5. The fraction of sp³-hybridized carbons (Fsp3) is 0.385. The second kappa shape index (κ2) is 12.3. The average Bonchev–Trinajstić information content (AvgIpc) is 2.86. The molecule has 190 valence electrons. The van der Waals surface area contributed by atoms with Crippen LogP contribution < -0.4 is 10.3 Å². The molecule has 1 aromatic heterocycles. The first kappa shape index (κ1) is 27.5. The normalized spacial score (nSPS) is 15.4. The van der Waals surface area contributed by atoms with Crippen molar-refractivity contribution in [1.82, 2.24) is 9.66 Å². The smallest absolute Gasteiger partial charge is 0.347 e. The number of halogens is 3. The number of hydrogen-bond acceptors (Lipinski definition) is 6. The van der Waals surface area contributed by atoms with E-state index in [1.54, 1.807) is 26.1 Å². The quantitative estimate of drug-likeness (QED) is 0.153. The molecule has 0 aliphatic heterocycles. The number of aromatic nitrogens is 2. The van der Waals surface area contributed by atoms with Crippen LogP contribution in [0.2, 0.25) is 0 Å². The van der Waals surface area contributed by atoms with Gasteiger partial charge in [-0.3, -0.25) is 4.79 Å². The van der Waals surface area contributed by atoms with Crippen molar-refractivity contribution in [3.05, 3.63) is 63.7 Å². The number of carbonyl (C=O) groups excluding carboxylic acids is 1. The minimum atomic E-state index is -0.717. The molecule has 1 saturated carbocycles. The van der Waals surface area contributed by atoms with E-state index in [0.29, 0.717) is 23.3 Å². The number of hydrogen-bond donors (Lipinski definition) is 0. The molecule has 0 spiro atoms. The minimum absolute atomic E-state index is 0.175. The summed E-state index contributed by atoms with van der Waals surface area (Å²) in [6, 6.07) is 9.40. The zero-order valence-electron chi connectivity index (χ0n) is 20.0. The Balaban J connectivity index is 1.70. The summed E-state index contributed by atoms with van der Waals surface area (Å²) in [6.07, 6.45) is 6.45. The number of carbonyl (C=O) groups is 1. The van der Waals surface area contributed by atoms with E-state index in [1.165, 1.54) is 11.1 Å². The first-order chi connectivity index (χ1) is 17.3. The van der Waals surface area contributed by atoms with Crippen molar-refractivity contribution in [1.29, 1.82) is 0 Å². The van der Waals surface area contributed by atoms with E-state index in [1.807, 2.05) is 24.3 Å². The number of ether oxygens (including phenoxy) is 2. The Bertz CT molecular complexity index is 1350. The number of fused-ring (bicyclic) bond motifs is 1. The lowest BCUT2D eigenvalue weighted by molar-refractivity contribution is -0.150. The van der Waals surface area contributed by atoms with Gasteiger partial charge in [0.05, 0.1) is 30.9 Å². The Morgan fingerprint density at radius 1 is 1.22 bits per heavy atom. The van der Waals surface area contributed by atoms with Gasteiger partial charge in [0.25, 0.3) is 5.56 Å². The number of benzene rings is 2. The van der Waals surface area contributed by atoms with Crippen LogP contribution >= 0.6 is 61.1 Å². The van der Waals surface area contributed by atoms with E-state index in [2.05, 4.69) is 66.2 Å². The molecule has 0 unspecified atom stereocenters. The van der Waals surface area contributed by atoms with Crippen LogP contribution in [0, 0.1) is 7.14 Å². The molecule has 10 heteroatoms. The second-order valence-corrected chi connectivity index (χ2v) is 11.9. The van der Waals surface area contributed by atoms with Gasteiger partial charge in [-0.15, -0.1) is 0 Å². The van der Waals surface area contributed by atoms with Crippen molar-refractivity contribution < 1.29 is 14.3 Å². The van der Waals surface area contributed by atoms with Gasteiger partial charge in [0.15, 0.2) is 6.10 Å². The van der Waals surface area contributed by atoms with E-state index in [9.17, 15) is 9.59 Å². The molecule has 4 rings (SSSR count). The Kier molecular flexibility index (Phi) is 9.42. The van der Waals surface area contributed by atoms with Crippen LogP contribution in [0.4, 0.5) is 0 Å². The summed E-state index contributed by atoms with van der Waals surface area (Å²) in [6.45, 7) is 3.74. The molecule has 0 saturated heterocycles. The van der Waals surface area contributed by atoms with Gasteiger partial charge in [0.1, 0.15) is 11.6 Å². The third kappa shape index (κ3) is 6.29. The first-order valence-corrected chi connectivity index (χ1v) is 14.8. The largest absolute Gasteiger partial charge is 0.477 e. The first-order valence-electron chi connectivity index (χ1n) is 11.9. The lowest BCUT2D eigenvalue weighted by atomic mass is 9.88. The molecule has 0 amide bonds. The monoisotopic (exact) mass is 777 g/mol. The van der Waals surface area contributed by atoms with Crippen molar-refractivity contribution in [2.75, 3.05) is 6.61 Å². The Morgan fingerprint density at radius 2 is 1.92 bits per heavy atom. The maximum Gasteiger partial charge on any atom is 0.347 e. The molecule has 7 nitrogen and oxygen atoms in total. The molecule has 3 aromatic rings. The van der Waals surface area contributed by atoms with Gasteiger partial charge in [-0.05, 0) is 108 Å². The summed E-state index contributed by atoms with van der Waals surface area (Å²) < 4.78 is 14.9. The van der Waals surface area contributed by atoms with Crippen molar-refractivity contribution in [2.24, 2.45) is 5.10 Å². The van der Waals surface area contributed by atoms with Gasteiger partial charge < -0.3 is 9.47 Å². The Hall–Kier alpha value is -1.54. The summed E-state index contributed by atoms with van der Waals surface area (Å²) in [4.78, 5) is 30.4. The molecule has 1 heterocycles. The number of esters is 1. The van der Waals surface area contributed by atoms with E-state index in [-0.39, 0.29) is 11.5 Å². The van der Waals surface area contributed by atoms with Gasteiger partial charge in [0.2, 0.25) is 0 Å². The van der Waals surface area contributed by atoms with Gasteiger partial charge in [-0.2, -0.15) is 9.78 Å². The molecule has 0 N–H and O–H groups in total. The van der Waals surface area contributed by atoms with Crippen LogP contribution in [-0.2, 0) is 9.53 Å². The van der Waals surface area contributed by atoms with Gasteiger partial charge in [-0.1, -0.05) is 35.2 Å². The third-order valence-corrected chi connectivity index (χ3v) is 8.16. The SMILES string of the molecule is CCOC(=O)[C@H](C)Oc1c(I)cc(C=Nn2c(C3CCCCC3)nc3ccc(Br)cc3c2=O)cc1I. The fourth-order valence-electron chi connectivity index (χ4n) is 4.28. The summed E-state index contributed by atoms with van der Waals surface area (Å²) in [7, 11) is 0. The van der Waals surface area contributed by atoms with Gasteiger partial charge >= 0.3 is 5.97 Å². The van der Waals surface area contributed by atoms with Gasteiger partial charge in [0, 0.05) is 10.4 Å². The maximum atomic E-state index is 13.5. The summed E-state index contributed by atoms with van der Waals surface area (Å²) >= 11 is 7.82. The van der Waals surface area contributed by atoms with Crippen molar-refractivity contribution in [3.8, 4) is 5.75 Å². The molecule has 1 aliphatic rings. The van der Waals surface area contributed by atoms with E-state index < -0.39 is 12.1 Å². The standard InChI is InChI=1S/C26H26BrI2N3O4/c1-3-35-26(34)15(2)36-23-20(28)11-16(12-21(23)29)14-30-32-24(17-7-5-4-6-8-17)31-22-10-9-18(27)13-19(22)25(32)33/h9-15,17H,3-8H2,1-2H3/t15-/m0/s1. The summed E-state index contributed by atoms with van der Waals surface area (Å²) in [5, 5.41) is 5.17. The zero-order chi connectivity index (χ0) is 25.8. The molecule has 36 heavy (non-hydrogen) atoms. The number of nitrogens with zero attached hydrogens (tertiary/aromatic N) is 3. The molecule has 0 radical (unpaired) electrons. The molecule has 1 aliphatic carbocycles. The second-order valence-electron chi connectivity index (χ2n) is 8.65. The third-order valence-electron chi connectivity index (χ3n) is 6.06. The van der Waals surface area contributed by atoms with Gasteiger partial charge in [-0.25, -0.2) is 9.78 Å². The molecular formula is C26H26BrI2N3O4. The summed E-state index contributed by atoms with van der Waals surface area (Å²) in [5.41, 5.74) is 1.33. The molecule has 2 aromatic carbocycles. The lowest BCUT2D eigenvalue weighted by Gasteiger charge is -2.22. The zero-order valence-corrected chi connectivity index (χ0v) is 25.9. The molecular weight excluding hydrogens is 752 g/mol. The highest BCUT2D eigenvalue weighted by Gasteiger charge is 2.23. The minimum Gasteiger partial charge on any atom is -0.477 e. The fourth-order valence-corrected chi connectivity index (χ4v) is 6.71. The topological polar surface area (TPSA) is 82.8 Å². The van der Waals surface area contributed by atoms with Crippen LogP contribution in [0.25, 0.3) is 10.9 Å². The number of rotatable bonds is 7.